The van der Waals surface area contributed by atoms with Crippen LogP contribution < -0.4 is 5.32 Å². The van der Waals surface area contributed by atoms with Gasteiger partial charge in [-0.15, -0.1) is 0 Å². The fourth-order valence-corrected chi connectivity index (χ4v) is 3.24. The zero-order valence-corrected chi connectivity index (χ0v) is 14.2. The van der Waals surface area contributed by atoms with Crippen LogP contribution in [0.3, 0.4) is 0 Å². The highest BCUT2D eigenvalue weighted by atomic mass is 35.5. The molecule has 23 heavy (non-hydrogen) atoms. The highest BCUT2D eigenvalue weighted by Crippen LogP contribution is 2.26. The standard InChI is InChI=1S/C17H12Cl2N2OS/c18-13-3-1-11(2-4-13)16(12-6-8-23-10-12)21-17(22)14-5-7-20-9-15(14)19/h1-10,16H,(H,21,22). The van der Waals surface area contributed by atoms with E-state index in [2.05, 4.69) is 10.3 Å². The molecule has 3 aromatic rings. The van der Waals surface area contributed by atoms with E-state index in [0.717, 1.165) is 11.1 Å². The molecule has 0 spiro atoms. The molecule has 0 fully saturated rings. The minimum Gasteiger partial charge on any atom is -0.341 e. The van der Waals surface area contributed by atoms with Crippen LogP contribution in [-0.2, 0) is 0 Å². The zero-order valence-electron chi connectivity index (χ0n) is 11.9. The van der Waals surface area contributed by atoms with Gasteiger partial charge in [0.15, 0.2) is 0 Å². The van der Waals surface area contributed by atoms with Gasteiger partial charge in [0.1, 0.15) is 0 Å². The van der Waals surface area contributed by atoms with Crippen LogP contribution in [0.4, 0.5) is 0 Å². The maximum atomic E-state index is 12.6. The number of hydrogen-bond donors (Lipinski definition) is 1. The second-order valence-electron chi connectivity index (χ2n) is 4.87. The molecule has 116 valence electrons. The van der Waals surface area contributed by atoms with Gasteiger partial charge < -0.3 is 5.32 Å². The number of rotatable bonds is 4. The van der Waals surface area contributed by atoms with Crippen LogP contribution in [0.25, 0.3) is 0 Å². The van der Waals surface area contributed by atoms with E-state index in [1.54, 1.807) is 23.6 Å². The number of nitrogens with zero attached hydrogens (tertiary/aromatic N) is 1. The zero-order chi connectivity index (χ0) is 16.2. The molecule has 0 bridgehead atoms. The molecule has 6 heteroatoms. The fraction of sp³-hybridized carbons (Fsp3) is 0.0588. The third-order valence-corrected chi connectivity index (χ3v) is 4.63. The number of nitrogens with one attached hydrogen (secondary N) is 1. The second kappa shape index (κ2) is 7.13. The Morgan fingerprint density at radius 3 is 2.52 bits per heavy atom. The molecule has 2 heterocycles. The van der Waals surface area contributed by atoms with E-state index in [1.165, 1.54) is 6.20 Å². The lowest BCUT2D eigenvalue weighted by molar-refractivity contribution is 0.0943. The number of halogens is 2. The van der Waals surface area contributed by atoms with E-state index >= 15 is 0 Å². The van der Waals surface area contributed by atoms with Crippen molar-refractivity contribution in [1.29, 1.82) is 0 Å². The van der Waals surface area contributed by atoms with Crippen LogP contribution >= 0.6 is 34.5 Å². The van der Waals surface area contributed by atoms with E-state index in [9.17, 15) is 4.79 Å². The lowest BCUT2D eigenvalue weighted by atomic mass is 10.0. The molecule has 0 aliphatic heterocycles. The second-order valence-corrected chi connectivity index (χ2v) is 6.49. The number of benzene rings is 1. The first-order chi connectivity index (χ1) is 11.1. The average molecular weight is 363 g/mol. The van der Waals surface area contributed by atoms with Crippen molar-refractivity contribution in [1.82, 2.24) is 10.3 Å². The Morgan fingerprint density at radius 1 is 1.09 bits per heavy atom. The van der Waals surface area contributed by atoms with E-state index in [-0.39, 0.29) is 11.9 Å². The predicted molar refractivity (Wildman–Crippen MR) is 94.3 cm³/mol. The molecule has 0 saturated heterocycles. The van der Waals surface area contributed by atoms with E-state index in [4.69, 9.17) is 23.2 Å². The summed E-state index contributed by atoms with van der Waals surface area (Å²) in [7, 11) is 0. The summed E-state index contributed by atoms with van der Waals surface area (Å²) in [5.41, 5.74) is 2.36. The van der Waals surface area contributed by atoms with Crippen LogP contribution in [0, 0.1) is 0 Å². The molecule has 2 aromatic heterocycles. The number of carbonyl (C=O) groups is 1. The number of amides is 1. The van der Waals surface area contributed by atoms with Gasteiger partial charge in [-0.05, 0) is 46.2 Å². The van der Waals surface area contributed by atoms with Crippen LogP contribution in [0.1, 0.15) is 27.5 Å². The quantitative estimate of drug-likeness (QED) is 0.711. The minimum atomic E-state index is -0.268. The monoisotopic (exact) mass is 362 g/mol. The SMILES string of the molecule is O=C(NC(c1ccc(Cl)cc1)c1ccsc1)c1ccncc1Cl. The topological polar surface area (TPSA) is 42.0 Å². The molecular formula is C17H12Cl2N2OS. The highest BCUT2D eigenvalue weighted by molar-refractivity contribution is 7.08. The Balaban J connectivity index is 1.92. The van der Waals surface area contributed by atoms with Crippen LogP contribution in [0.5, 0.6) is 0 Å². The van der Waals surface area contributed by atoms with Crippen LogP contribution in [0.15, 0.2) is 59.6 Å². The van der Waals surface area contributed by atoms with E-state index < -0.39 is 0 Å². The van der Waals surface area contributed by atoms with E-state index in [1.807, 2.05) is 41.1 Å². The first-order valence-corrected chi connectivity index (χ1v) is 8.53. The maximum absolute atomic E-state index is 12.6. The van der Waals surface area contributed by atoms with Gasteiger partial charge in [-0.25, -0.2) is 0 Å². The highest BCUT2D eigenvalue weighted by Gasteiger charge is 2.19. The van der Waals surface area contributed by atoms with Gasteiger partial charge in [0, 0.05) is 17.4 Å². The fourth-order valence-electron chi connectivity index (χ4n) is 2.22. The summed E-state index contributed by atoms with van der Waals surface area (Å²) < 4.78 is 0. The average Bonchev–Trinajstić information content (AvgIpc) is 3.08. The largest absolute Gasteiger partial charge is 0.341 e. The van der Waals surface area contributed by atoms with Crippen molar-refractivity contribution >= 4 is 40.4 Å². The van der Waals surface area contributed by atoms with Gasteiger partial charge in [-0.2, -0.15) is 11.3 Å². The molecule has 0 aliphatic carbocycles. The minimum absolute atomic E-state index is 0.247. The lowest BCUT2D eigenvalue weighted by Gasteiger charge is -2.19. The van der Waals surface area contributed by atoms with Crippen molar-refractivity contribution in [3.05, 3.63) is 86.3 Å². The molecule has 0 aliphatic rings. The third kappa shape index (κ3) is 3.72. The smallest absolute Gasteiger partial charge is 0.253 e. The first kappa shape index (κ1) is 16.0. The van der Waals surface area contributed by atoms with Crippen molar-refractivity contribution in [2.75, 3.05) is 0 Å². The molecule has 1 atom stereocenters. The number of pyridine rings is 1. The van der Waals surface area contributed by atoms with Crippen molar-refractivity contribution in [2.45, 2.75) is 6.04 Å². The predicted octanol–water partition coefficient (Wildman–Crippen LogP) is 4.97. The first-order valence-electron chi connectivity index (χ1n) is 6.83. The maximum Gasteiger partial charge on any atom is 0.253 e. The Bertz CT molecular complexity index is 804. The summed E-state index contributed by atoms with van der Waals surface area (Å²) in [6.45, 7) is 0. The molecule has 1 N–H and O–H groups in total. The molecule has 1 unspecified atom stereocenters. The van der Waals surface area contributed by atoms with Crippen molar-refractivity contribution in [3.63, 3.8) is 0 Å². The van der Waals surface area contributed by atoms with Gasteiger partial charge in [0.2, 0.25) is 0 Å². The van der Waals surface area contributed by atoms with Gasteiger partial charge in [-0.1, -0.05) is 35.3 Å². The summed E-state index contributed by atoms with van der Waals surface area (Å²) in [4.78, 5) is 16.5. The molecule has 0 radical (unpaired) electrons. The third-order valence-electron chi connectivity index (χ3n) is 3.37. The molecule has 1 amide bonds. The Morgan fingerprint density at radius 2 is 1.87 bits per heavy atom. The summed E-state index contributed by atoms with van der Waals surface area (Å²) >= 11 is 13.6. The summed E-state index contributed by atoms with van der Waals surface area (Å²) in [5.74, 6) is -0.247. The Labute approximate surface area is 147 Å². The molecule has 3 nitrogen and oxygen atoms in total. The van der Waals surface area contributed by atoms with Crippen molar-refractivity contribution in [2.24, 2.45) is 0 Å². The normalized spacial score (nSPS) is 11.9. The Hall–Kier alpha value is -1.88. The molecular weight excluding hydrogens is 351 g/mol. The molecule has 3 rings (SSSR count). The number of carbonyl (C=O) groups excluding carboxylic acids is 1. The number of aromatic nitrogens is 1. The van der Waals surface area contributed by atoms with Gasteiger partial charge in [0.05, 0.1) is 16.6 Å². The van der Waals surface area contributed by atoms with Crippen LogP contribution in [-0.4, -0.2) is 10.9 Å². The Kier molecular flexibility index (Phi) is 4.96. The van der Waals surface area contributed by atoms with Gasteiger partial charge in [-0.3, -0.25) is 9.78 Å². The molecule has 1 aromatic carbocycles. The van der Waals surface area contributed by atoms with E-state index in [0.29, 0.717) is 15.6 Å². The lowest BCUT2D eigenvalue weighted by Crippen LogP contribution is -2.29. The number of thiophene rings is 1. The van der Waals surface area contributed by atoms with Crippen molar-refractivity contribution < 1.29 is 4.79 Å². The summed E-state index contributed by atoms with van der Waals surface area (Å²) in [5, 5.41) is 7.99. The molecule has 0 saturated carbocycles. The van der Waals surface area contributed by atoms with Gasteiger partial charge >= 0.3 is 0 Å². The van der Waals surface area contributed by atoms with Crippen molar-refractivity contribution in [3.8, 4) is 0 Å². The van der Waals surface area contributed by atoms with Gasteiger partial charge in [0.25, 0.3) is 5.91 Å². The number of hydrogen-bond acceptors (Lipinski definition) is 3. The van der Waals surface area contributed by atoms with Crippen LogP contribution in [0.2, 0.25) is 10.0 Å². The summed E-state index contributed by atoms with van der Waals surface area (Å²) in [6.07, 6.45) is 3.00. The summed E-state index contributed by atoms with van der Waals surface area (Å²) in [6, 6.07) is 10.7.